The van der Waals surface area contributed by atoms with E-state index in [0.29, 0.717) is 30.9 Å². The largest absolute Gasteiger partial charge is 0.427 e. The predicted molar refractivity (Wildman–Crippen MR) is 182 cm³/mol. The Morgan fingerprint density at radius 2 is 1.41 bits per heavy atom. The molecule has 0 aliphatic rings. The van der Waals surface area contributed by atoms with Crippen LogP contribution >= 0.6 is 0 Å². The first-order chi connectivity index (χ1) is 22.2. The van der Waals surface area contributed by atoms with Gasteiger partial charge >= 0.3 is 11.9 Å². The molecule has 46 heavy (non-hydrogen) atoms. The Hall–Kier alpha value is -3.78. The van der Waals surface area contributed by atoms with Gasteiger partial charge in [0.1, 0.15) is 11.5 Å². The molecule has 0 aliphatic carbocycles. The first-order valence-corrected chi connectivity index (χ1v) is 16.4. The van der Waals surface area contributed by atoms with Gasteiger partial charge in [0.2, 0.25) is 0 Å². The minimum absolute atomic E-state index is 0.152. The lowest BCUT2D eigenvalue weighted by Crippen LogP contribution is -2.31. The molecule has 0 saturated carbocycles. The van der Waals surface area contributed by atoms with Gasteiger partial charge in [-0.3, -0.25) is 4.79 Å². The van der Waals surface area contributed by atoms with E-state index in [0.717, 1.165) is 28.7 Å². The molecule has 0 heterocycles. The van der Waals surface area contributed by atoms with Crippen molar-refractivity contribution >= 4 is 11.9 Å². The van der Waals surface area contributed by atoms with E-state index in [9.17, 15) is 19.8 Å². The van der Waals surface area contributed by atoms with E-state index in [1.54, 1.807) is 19.9 Å². The molecule has 0 bridgehead atoms. The van der Waals surface area contributed by atoms with Crippen LogP contribution in [0.3, 0.4) is 0 Å². The van der Waals surface area contributed by atoms with Crippen LogP contribution in [0.15, 0.2) is 78.9 Å². The summed E-state index contributed by atoms with van der Waals surface area (Å²) in [7, 11) is 0. The fourth-order valence-corrected chi connectivity index (χ4v) is 4.83. The molecular formula is C39H50O7. The zero-order chi connectivity index (χ0) is 33.4. The van der Waals surface area contributed by atoms with E-state index in [1.165, 1.54) is 37.7 Å². The van der Waals surface area contributed by atoms with Crippen molar-refractivity contribution in [2.24, 2.45) is 5.41 Å². The van der Waals surface area contributed by atoms with Gasteiger partial charge in [-0.15, -0.1) is 0 Å². The van der Waals surface area contributed by atoms with Crippen LogP contribution in [0, 0.1) is 5.41 Å². The average Bonchev–Trinajstić information content (AvgIpc) is 3.06. The third-order valence-electron chi connectivity index (χ3n) is 7.97. The molecule has 0 spiro atoms. The number of hydrogen-bond donors (Lipinski definition) is 2. The first-order valence-electron chi connectivity index (χ1n) is 16.4. The molecule has 248 valence electrons. The lowest BCUT2D eigenvalue weighted by Gasteiger charge is -2.24. The Labute approximate surface area is 274 Å². The van der Waals surface area contributed by atoms with E-state index in [-0.39, 0.29) is 37.8 Å². The maximum absolute atomic E-state index is 12.7. The van der Waals surface area contributed by atoms with E-state index in [4.69, 9.17) is 14.2 Å². The zero-order valence-electron chi connectivity index (χ0n) is 27.7. The van der Waals surface area contributed by atoms with Crippen LogP contribution in [0.2, 0.25) is 0 Å². The highest BCUT2D eigenvalue weighted by Crippen LogP contribution is 2.26. The van der Waals surface area contributed by atoms with Crippen LogP contribution in [0.4, 0.5) is 0 Å². The van der Waals surface area contributed by atoms with Gasteiger partial charge in [0.05, 0.1) is 26.4 Å². The third kappa shape index (κ3) is 12.2. The van der Waals surface area contributed by atoms with Crippen LogP contribution in [-0.2, 0) is 33.6 Å². The number of esters is 2. The number of aryl methyl sites for hydroxylation is 2. The van der Waals surface area contributed by atoms with E-state index < -0.39 is 11.4 Å². The highest BCUT2D eigenvalue weighted by molar-refractivity contribution is 5.89. The number of aliphatic hydroxyl groups excluding tert-OH is 2. The van der Waals surface area contributed by atoms with Crippen LogP contribution in [0.25, 0.3) is 11.1 Å². The quantitative estimate of drug-likeness (QED) is 0.0579. The molecule has 0 radical (unpaired) electrons. The smallest absolute Gasteiger partial charge is 0.338 e. The average molecular weight is 631 g/mol. The summed E-state index contributed by atoms with van der Waals surface area (Å²) >= 11 is 0. The summed E-state index contributed by atoms with van der Waals surface area (Å²) in [6.07, 6.45) is 8.51. The van der Waals surface area contributed by atoms with Gasteiger partial charge in [0, 0.05) is 17.4 Å². The summed E-state index contributed by atoms with van der Waals surface area (Å²) in [4.78, 5) is 25.0. The standard InChI is InChI=1S/C39H50O7/c1-5-6-7-8-9-10-30-11-15-32(16-12-30)33-18-20-35(21-19-33)45-37(42)22-14-31-13-17-34(36(25-31)46-38(43)29(2)3)23-24-44-28-39(4,26-40)27-41/h11-13,15-21,25,40-41H,2,5-10,14,22-24,26-28H2,1,3-4H3. The van der Waals surface area contributed by atoms with Gasteiger partial charge in [-0.2, -0.15) is 0 Å². The van der Waals surface area contributed by atoms with Crippen molar-refractivity contribution in [3.8, 4) is 22.6 Å². The van der Waals surface area contributed by atoms with Crippen molar-refractivity contribution in [1.82, 2.24) is 0 Å². The molecule has 0 unspecified atom stereocenters. The number of aliphatic hydroxyl groups is 2. The van der Waals surface area contributed by atoms with Gasteiger partial charge in [-0.05, 0) is 78.6 Å². The fraction of sp³-hybridized carbons (Fsp3) is 0.436. The van der Waals surface area contributed by atoms with Crippen LogP contribution < -0.4 is 9.47 Å². The molecule has 0 saturated heterocycles. The van der Waals surface area contributed by atoms with E-state index in [2.05, 4.69) is 37.8 Å². The summed E-state index contributed by atoms with van der Waals surface area (Å²) in [5.74, 6) is -0.0265. The van der Waals surface area contributed by atoms with Gasteiger partial charge in [-0.1, -0.05) is 94.6 Å². The number of hydrogen-bond acceptors (Lipinski definition) is 7. The van der Waals surface area contributed by atoms with Gasteiger partial charge in [0.25, 0.3) is 0 Å². The molecule has 0 aliphatic heterocycles. The van der Waals surface area contributed by atoms with Crippen molar-refractivity contribution < 1.29 is 34.0 Å². The second-order valence-electron chi connectivity index (χ2n) is 12.4. The van der Waals surface area contributed by atoms with E-state index >= 15 is 0 Å². The second kappa shape index (κ2) is 19.0. The molecule has 0 aromatic heterocycles. The molecule has 0 amide bonds. The normalized spacial score (nSPS) is 11.3. The number of carbonyl (C=O) groups excluding carboxylic acids is 2. The Balaban J connectivity index is 1.53. The topological polar surface area (TPSA) is 102 Å². The second-order valence-corrected chi connectivity index (χ2v) is 12.4. The number of ether oxygens (including phenoxy) is 3. The van der Waals surface area contributed by atoms with Crippen molar-refractivity contribution in [3.05, 3.63) is 95.6 Å². The SMILES string of the molecule is C=C(C)C(=O)Oc1cc(CCC(=O)Oc2ccc(-c3ccc(CCCCCCC)cc3)cc2)ccc1CCOCC(C)(CO)CO. The molecule has 3 aromatic rings. The summed E-state index contributed by atoms with van der Waals surface area (Å²) in [6.45, 7) is 9.32. The number of unbranched alkanes of at least 4 members (excludes halogenated alkanes) is 4. The number of benzene rings is 3. The summed E-state index contributed by atoms with van der Waals surface area (Å²) in [5.41, 5.74) is 4.67. The molecular weight excluding hydrogens is 580 g/mol. The highest BCUT2D eigenvalue weighted by Gasteiger charge is 2.22. The van der Waals surface area contributed by atoms with Gasteiger partial charge in [-0.25, -0.2) is 4.79 Å². The third-order valence-corrected chi connectivity index (χ3v) is 7.97. The number of carbonyl (C=O) groups is 2. The summed E-state index contributed by atoms with van der Waals surface area (Å²) in [6, 6.07) is 21.7. The van der Waals surface area contributed by atoms with Crippen LogP contribution in [0.5, 0.6) is 11.5 Å². The number of rotatable bonds is 20. The first kappa shape index (κ1) is 36.7. The minimum Gasteiger partial charge on any atom is -0.427 e. The Kier molecular flexibility index (Phi) is 15.2. The van der Waals surface area contributed by atoms with Crippen LogP contribution in [0.1, 0.15) is 76.0 Å². The monoisotopic (exact) mass is 630 g/mol. The fourth-order valence-electron chi connectivity index (χ4n) is 4.83. The predicted octanol–water partition coefficient (Wildman–Crippen LogP) is 7.44. The van der Waals surface area contributed by atoms with Crippen molar-refractivity contribution in [2.45, 2.75) is 78.6 Å². The van der Waals surface area contributed by atoms with Gasteiger partial charge < -0.3 is 24.4 Å². The minimum atomic E-state index is -0.727. The molecule has 3 rings (SSSR count). The summed E-state index contributed by atoms with van der Waals surface area (Å²) in [5, 5.41) is 18.9. The van der Waals surface area contributed by atoms with Gasteiger partial charge in [0.15, 0.2) is 0 Å². The highest BCUT2D eigenvalue weighted by atomic mass is 16.5. The lowest BCUT2D eigenvalue weighted by atomic mass is 9.94. The molecule has 2 N–H and O–H groups in total. The van der Waals surface area contributed by atoms with E-state index in [1.807, 2.05) is 36.4 Å². The molecule has 3 aromatic carbocycles. The van der Waals surface area contributed by atoms with Crippen LogP contribution in [-0.4, -0.2) is 48.6 Å². The summed E-state index contributed by atoms with van der Waals surface area (Å²) < 4.78 is 16.9. The molecule has 0 fully saturated rings. The zero-order valence-corrected chi connectivity index (χ0v) is 27.7. The molecule has 7 heteroatoms. The van der Waals surface area contributed by atoms with Crippen molar-refractivity contribution in [1.29, 1.82) is 0 Å². The maximum atomic E-state index is 12.7. The Bertz CT molecular complexity index is 1390. The lowest BCUT2D eigenvalue weighted by molar-refractivity contribution is -0.134. The Morgan fingerprint density at radius 1 is 0.783 bits per heavy atom. The Morgan fingerprint density at radius 3 is 2.04 bits per heavy atom. The van der Waals surface area contributed by atoms with Crippen molar-refractivity contribution in [2.75, 3.05) is 26.4 Å². The van der Waals surface area contributed by atoms with Crippen molar-refractivity contribution in [3.63, 3.8) is 0 Å². The molecule has 0 atom stereocenters. The molecule has 7 nitrogen and oxygen atoms in total. The maximum Gasteiger partial charge on any atom is 0.338 e.